The van der Waals surface area contributed by atoms with Gasteiger partial charge >= 0.3 is 0 Å². The second-order valence-corrected chi connectivity index (χ2v) is 3.16. The molecule has 1 heterocycles. The van der Waals surface area contributed by atoms with Crippen LogP contribution in [0.1, 0.15) is 11.4 Å². The van der Waals surface area contributed by atoms with Crippen LogP contribution in [-0.4, -0.2) is 14.8 Å². The van der Waals surface area contributed by atoms with Crippen LogP contribution in [0.5, 0.6) is 0 Å². The Hall–Kier alpha value is -1.75. The van der Waals surface area contributed by atoms with Gasteiger partial charge in [0.15, 0.2) is 0 Å². The van der Waals surface area contributed by atoms with E-state index in [4.69, 9.17) is 5.73 Å². The van der Waals surface area contributed by atoms with Crippen molar-refractivity contribution in [2.45, 2.75) is 13.1 Å². The summed E-state index contributed by atoms with van der Waals surface area (Å²) in [6.45, 7) is 0.911. The van der Waals surface area contributed by atoms with Crippen LogP contribution in [0.2, 0.25) is 0 Å². The summed E-state index contributed by atoms with van der Waals surface area (Å²) in [5.41, 5.74) is 6.46. The maximum Gasteiger partial charge on any atom is 0.140 e. The highest BCUT2D eigenvalue weighted by molar-refractivity contribution is 5.16. The highest BCUT2D eigenvalue weighted by Crippen LogP contribution is 2.05. The molecular formula is C10H11FN4. The van der Waals surface area contributed by atoms with E-state index in [0.29, 0.717) is 13.1 Å². The minimum atomic E-state index is -0.239. The normalized spacial score (nSPS) is 10.5. The minimum absolute atomic E-state index is 0.239. The van der Waals surface area contributed by atoms with E-state index in [1.165, 1.54) is 18.5 Å². The molecule has 5 heteroatoms. The maximum absolute atomic E-state index is 12.7. The Morgan fingerprint density at radius 1 is 1.27 bits per heavy atom. The average Bonchev–Trinajstić information content (AvgIpc) is 2.69. The lowest BCUT2D eigenvalue weighted by atomic mass is 10.2. The van der Waals surface area contributed by atoms with Gasteiger partial charge in [0.1, 0.15) is 18.0 Å². The second kappa shape index (κ2) is 4.18. The van der Waals surface area contributed by atoms with Crippen molar-refractivity contribution in [3.8, 4) is 0 Å². The molecule has 0 radical (unpaired) electrons. The molecule has 15 heavy (non-hydrogen) atoms. The standard InChI is InChI=1S/C10H11FN4/c11-9-3-1-8(2-4-9)6-15-10(5-12)13-7-14-15/h1-4,7H,5-6,12H2. The second-order valence-electron chi connectivity index (χ2n) is 3.16. The molecule has 0 saturated carbocycles. The van der Waals surface area contributed by atoms with Crippen molar-refractivity contribution < 1.29 is 4.39 Å². The number of benzene rings is 1. The smallest absolute Gasteiger partial charge is 0.140 e. The summed E-state index contributed by atoms with van der Waals surface area (Å²) in [6, 6.07) is 6.29. The number of aromatic nitrogens is 3. The molecule has 1 aromatic carbocycles. The Morgan fingerprint density at radius 3 is 2.67 bits per heavy atom. The largest absolute Gasteiger partial charge is 0.324 e. The molecule has 0 saturated heterocycles. The van der Waals surface area contributed by atoms with Crippen molar-refractivity contribution in [2.75, 3.05) is 0 Å². The summed E-state index contributed by atoms with van der Waals surface area (Å²) in [5, 5.41) is 4.04. The zero-order chi connectivity index (χ0) is 10.7. The number of hydrogen-bond donors (Lipinski definition) is 1. The molecule has 0 aliphatic carbocycles. The number of rotatable bonds is 3. The fourth-order valence-electron chi connectivity index (χ4n) is 1.34. The van der Waals surface area contributed by atoms with Crippen LogP contribution >= 0.6 is 0 Å². The van der Waals surface area contributed by atoms with Crippen molar-refractivity contribution in [3.63, 3.8) is 0 Å². The minimum Gasteiger partial charge on any atom is -0.324 e. The first-order chi connectivity index (χ1) is 7.29. The van der Waals surface area contributed by atoms with Gasteiger partial charge in [0.25, 0.3) is 0 Å². The van der Waals surface area contributed by atoms with E-state index in [-0.39, 0.29) is 5.82 Å². The number of halogens is 1. The zero-order valence-corrected chi connectivity index (χ0v) is 8.10. The lowest BCUT2D eigenvalue weighted by Crippen LogP contribution is -2.10. The van der Waals surface area contributed by atoms with Crippen molar-refractivity contribution >= 4 is 0 Å². The summed E-state index contributed by atoms with van der Waals surface area (Å²) in [5.74, 6) is 0.482. The molecule has 0 aliphatic rings. The Balaban J connectivity index is 2.18. The molecule has 4 nitrogen and oxygen atoms in total. The zero-order valence-electron chi connectivity index (χ0n) is 8.10. The van der Waals surface area contributed by atoms with E-state index < -0.39 is 0 Å². The maximum atomic E-state index is 12.7. The van der Waals surface area contributed by atoms with Crippen LogP contribution in [0.15, 0.2) is 30.6 Å². The van der Waals surface area contributed by atoms with E-state index in [0.717, 1.165) is 11.4 Å². The Kier molecular flexibility index (Phi) is 2.73. The number of nitrogens with zero attached hydrogens (tertiary/aromatic N) is 3. The van der Waals surface area contributed by atoms with E-state index in [9.17, 15) is 4.39 Å². The van der Waals surface area contributed by atoms with Crippen LogP contribution in [0.4, 0.5) is 4.39 Å². The van der Waals surface area contributed by atoms with Crippen molar-refractivity contribution in [2.24, 2.45) is 5.73 Å². The molecular weight excluding hydrogens is 195 g/mol. The van der Waals surface area contributed by atoms with Gasteiger partial charge in [-0.3, -0.25) is 0 Å². The molecule has 78 valence electrons. The molecule has 0 amide bonds. The molecule has 2 rings (SSSR count). The summed E-state index contributed by atoms with van der Waals surface area (Å²) < 4.78 is 14.4. The predicted octanol–water partition coefficient (Wildman–Crippen LogP) is 0.924. The Bertz CT molecular complexity index is 435. The van der Waals surface area contributed by atoms with Crippen LogP contribution in [0.3, 0.4) is 0 Å². The van der Waals surface area contributed by atoms with E-state index in [1.807, 2.05) is 0 Å². The van der Waals surface area contributed by atoms with Gasteiger partial charge in [-0.2, -0.15) is 5.10 Å². The van der Waals surface area contributed by atoms with Gasteiger partial charge in [-0.1, -0.05) is 12.1 Å². The van der Waals surface area contributed by atoms with Crippen LogP contribution in [-0.2, 0) is 13.1 Å². The third-order valence-electron chi connectivity index (χ3n) is 2.12. The molecule has 0 aliphatic heterocycles. The lowest BCUT2D eigenvalue weighted by molar-refractivity contribution is 0.619. The Labute approximate surface area is 86.6 Å². The van der Waals surface area contributed by atoms with E-state index in [1.54, 1.807) is 16.8 Å². The molecule has 1 aromatic heterocycles. The van der Waals surface area contributed by atoms with Gasteiger partial charge in [-0.05, 0) is 17.7 Å². The predicted molar refractivity (Wildman–Crippen MR) is 53.4 cm³/mol. The first-order valence-corrected chi connectivity index (χ1v) is 4.61. The molecule has 0 fully saturated rings. The summed E-state index contributed by atoms with van der Waals surface area (Å²) in [6.07, 6.45) is 1.46. The fraction of sp³-hybridized carbons (Fsp3) is 0.200. The third kappa shape index (κ3) is 2.19. The highest BCUT2D eigenvalue weighted by Gasteiger charge is 2.02. The summed E-state index contributed by atoms with van der Waals surface area (Å²) in [4.78, 5) is 4.00. The molecule has 0 bridgehead atoms. The quantitative estimate of drug-likeness (QED) is 0.812. The molecule has 2 aromatic rings. The number of hydrogen-bond acceptors (Lipinski definition) is 3. The monoisotopic (exact) mass is 206 g/mol. The number of nitrogens with two attached hydrogens (primary N) is 1. The van der Waals surface area contributed by atoms with Crippen molar-refractivity contribution in [1.82, 2.24) is 14.8 Å². The molecule has 2 N–H and O–H groups in total. The van der Waals surface area contributed by atoms with Gasteiger partial charge in [-0.25, -0.2) is 14.1 Å². The van der Waals surface area contributed by atoms with Crippen LogP contribution < -0.4 is 5.73 Å². The van der Waals surface area contributed by atoms with Gasteiger partial charge in [-0.15, -0.1) is 0 Å². The van der Waals surface area contributed by atoms with Gasteiger partial charge in [0.05, 0.1) is 13.1 Å². The van der Waals surface area contributed by atoms with Crippen molar-refractivity contribution in [3.05, 3.63) is 47.8 Å². The van der Waals surface area contributed by atoms with Gasteiger partial charge in [0.2, 0.25) is 0 Å². The Morgan fingerprint density at radius 2 is 2.00 bits per heavy atom. The topological polar surface area (TPSA) is 56.7 Å². The van der Waals surface area contributed by atoms with Crippen LogP contribution in [0, 0.1) is 5.82 Å². The molecule has 0 atom stereocenters. The van der Waals surface area contributed by atoms with Gasteiger partial charge < -0.3 is 5.73 Å². The van der Waals surface area contributed by atoms with E-state index in [2.05, 4.69) is 10.1 Å². The van der Waals surface area contributed by atoms with Crippen molar-refractivity contribution in [1.29, 1.82) is 0 Å². The fourth-order valence-corrected chi connectivity index (χ4v) is 1.34. The van der Waals surface area contributed by atoms with Gasteiger partial charge in [0, 0.05) is 0 Å². The van der Waals surface area contributed by atoms with E-state index >= 15 is 0 Å². The SMILES string of the molecule is NCc1ncnn1Cc1ccc(F)cc1. The highest BCUT2D eigenvalue weighted by atomic mass is 19.1. The summed E-state index contributed by atoms with van der Waals surface area (Å²) in [7, 11) is 0. The summed E-state index contributed by atoms with van der Waals surface area (Å²) >= 11 is 0. The van der Waals surface area contributed by atoms with Crippen LogP contribution in [0.25, 0.3) is 0 Å². The molecule has 0 spiro atoms. The lowest BCUT2D eigenvalue weighted by Gasteiger charge is -2.04. The first-order valence-electron chi connectivity index (χ1n) is 4.61. The molecule has 0 unspecified atom stereocenters. The third-order valence-corrected chi connectivity index (χ3v) is 2.12. The average molecular weight is 206 g/mol. The first kappa shape index (κ1) is 9.79.